The number of thioether (sulfide) groups is 1. The first-order chi connectivity index (χ1) is 9.15. The second kappa shape index (κ2) is 9.23. The van der Waals surface area contributed by atoms with Gasteiger partial charge in [0.2, 0.25) is 5.91 Å². The summed E-state index contributed by atoms with van der Waals surface area (Å²) in [5, 5.41) is 6.71. The number of rotatable bonds is 8. The second-order valence-corrected chi connectivity index (χ2v) is 6.02. The molecule has 1 aromatic rings. The lowest BCUT2D eigenvalue weighted by molar-refractivity contribution is -0.120. The zero-order valence-electron chi connectivity index (χ0n) is 11.4. The maximum Gasteiger partial charge on any atom is 0.233 e. The third kappa shape index (κ3) is 6.32. The van der Waals surface area contributed by atoms with E-state index in [0.29, 0.717) is 11.6 Å². The van der Waals surface area contributed by atoms with E-state index in [1.54, 1.807) is 0 Å². The summed E-state index contributed by atoms with van der Waals surface area (Å²) < 4.78 is 0. The Morgan fingerprint density at radius 3 is 2.74 bits per heavy atom. The summed E-state index contributed by atoms with van der Waals surface area (Å²) in [6, 6.07) is 7.58. The number of nitrogens with one attached hydrogen (secondary N) is 2. The first-order valence-corrected chi connectivity index (χ1v) is 7.80. The molecule has 106 valence electrons. The molecule has 0 fully saturated rings. The van der Waals surface area contributed by atoms with Crippen molar-refractivity contribution in [3.8, 4) is 0 Å². The van der Waals surface area contributed by atoms with Gasteiger partial charge < -0.3 is 10.6 Å². The number of halogens is 1. The van der Waals surface area contributed by atoms with Crippen molar-refractivity contribution >= 4 is 29.3 Å². The standard InChI is InChI=1S/C14H21ClN2OS/c1-3-8-16-9-10-17-14(18)11(2)19-13-7-5-4-6-12(13)15/h4-7,11,16H,3,8-10H2,1-2H3,(H,17,18). The molecule has 3 nitrogen and oxygen atoms in total. The van der Waals surface area contributed by atoms with Crippen LogP contribution in [0.5, 0.6) is 0 Å². The van der Waals surface area contributed by atoms with Crippen LogP contribution in [0.25, 0.3) is 0 Å². The van der Waals surface area contributed by atoms with Gasteiger partial charge in [-0.1, -0.05) is 30.7 Å². The average molecular weight is 301 g/mol. The first kappa shape index (κ1) is 16.3. The Morgan fingerprint density at radius 1 is 1.32 bits per heavy atom. The molecule has 1 rings (SSSR count). The predicted molar refractivity (Wildman–Crippen MR) is 82.9 cm³/mol. The number of carbonyl (C=O) groups is 1. The van der Waals surface area contributed by atoms with Crippen molar-refractivity contribution in [3.05, 3.63) is 29.3 Å². The summed E-state index contributed by atoms with van der Waals surface area (Å²) in [5.74, 6) is 0.0446. The fourth-order valence-corrected chi connectivity index (χ4v) is 2.68. The van der Waals surface area contributed by atoms with Crippen molar-refractivity contribution < 1.29 is 4.79 Å². The van der Waals surface area contributed by atoms with E-state index in [0.717, 1.165) is 24.4 Å². The zero-order valence-corrected chi connectivity index (χ0v) is 13.0. The molecule has 1 atom stereocenters. The Bertz CT molecular complexity index is 401. The van der Waals surface area contributed by atoms with Crippen molar-refractivity contribution in [1.29, 1.82) is 0 Å². The van der Waals surface area contributed by atoms with Crippen LogP contribution in [0.15, 0.2) is 29.2 Å². The predicted octanol–water partition coefficient (Wildman–Crippen LogP) is 2.94. The van der Waals surface area contributed by atoms with Crippen LogP contribution in [0.3, 0.4) is 0 Å². The van der Waals surface area contributed by atoms with E-state index in [2.05, 4.69) is 17.6 Å². The van der Waals surface area contributed by atoms with Gasteiger partial charge in [0.15, 0.2) is 0 Å². The molecule has 1 aromatic carbocycles. The topological polar surface area (TPSA) is 41.1 Å². The first-order valence-electron chi connectivity index (χ1n) is 6.54. The largest absolute Gasteiger partial charge is 0.354 e. The Kier molecular flexibility index (Phi) is 7.94. The van der Waals surface area contributed by atoms with Crippen molar-refractivity contribution in [2.45, 2.75) is 30.4 Å². The van der Waals surface area contributed by atoms with Crippen LogP contribution in [-0.4, -0.2) is 30.8 Å². The number of benzene rings is 1. The molecule has 0 aliphatic rings. The molecule has 0 saturated carbocycles. The molecule has 0 heterocycles. The Labute approximate surface area is 124 Å². The molecule has 0 aliphatic carbocycles. The van der Waals surface area contributed by atoms with E-state index in [1.165, 1.54) is 11.8 Å². The molecule has 0 aliphatic heterocycles. The van der Waals surface area contributed by atoms with Crippen LogP contribution in [0, 0.1) is 0 Å². The molecule has 5 heteroatoms. The van der Waals surface area contributed by atoms with Crippen LogP contribution >= 0.6 is 23.4 Å². The molecule has 0 aromatic heterocycles. The monoisotopic (exact) mass is 300 g/mol. The molecule has 19 heavy (non-hydrogen) atoms. The van der Waals surface area contributed by atoms with Gasteiger partial charge in [-0.3, -0.25) is 4.79 Å². The third-order valence-corrected chi connectivity index (χ3v) is 4.16. The van der Waals surface area contributed by atoms with Crippen LogP contribution in [0.4, 0.5) is 0 Å². The highest BCUT2D eigenvalue weighted by Crippen LogP contribution is 2.29. The van der Waals surface area contributed by atoms with E-state index >= 15 is 0 Å². The summed E-state index contributed by atoms with van der Waals surface area (Å²) in [6.07, 6.45) is 1.10. The molecule has 0 radical (unpaired) electrons. The Balaban J connectivity index is 2.31. The number of hydrogen-bond donors (Lipinski definition) is 2. The van der Waals surface area contributed by atoms with Gasteiger partial charge >= 0.3 is 0 Å². The maximum absolute atomic E-state index is 11.9. The summed E-state index contributed by atoms with van der Waals surface area (Å²) >= 11 is 7.55. The third-order valence-electron chi connectivity index (χ3n) is 2.54. The SMILES string of the molecule is CCCNCCNC(=O)C(C)Sc1ccccc1Cl. The minimum absolute atomic E-state index is 0.0446. The Morgan fingerprint density at radius 2 is 2.05 bits per heavy atom. The highest BCUT2D eigenvalue weighted by Gasteiger charge is 2.14. The van der Waals surface area contributed by atoms with Crippen molar-refractivity contribution in [2.75, 3.05) is 19.6 Å². The molecule has 0 saturated heterocycles. The van der Waals surface area contributed by atoms with E-state index in [1.807, 2.05) is 31.2 Å². The van der Waals surface area contributed by atoms with Crippen molar-refractivity contribution in [2.24, 2.45) is 0 Å². The number of hydrogen-bond acceptors (Lipinski definition) is 3. The highest BCUT2D eigenvalue weighted by molar-refractivity contribution is 8.00. The van der Waals surface area contributed by atoms with Gasteiger partial charge in [-0.25, -0.2) is 0 Å². The van der Waals surface area contributed by atoms with E-state index in [-0.39, 0.29) is 11.2 Å². The average Bonchev–Trinajstić information content (AvgIpc) is 2.41. The lowest BCUT2D eigenvalue weighted by atomic mass is 10.4. The van der Waals surface area contributed by atoms with Gasteiger partial charge in [0, 0.05) is 18.0 Å². The lowest BCUT2D eigenvalue weighted by Gasteiger charge is -2.13. The molecule has 1 amide bonds. The van der Waals surface area contributed by atoms with E-state index in [9.17, 15) is 4.79 Å². The number of carbonyl (C=O) groups excluding carboxylic acids is 1. The molecule has 2 N–H and O–H groups in total. The molecular formula is C14H21ClN2OS. The summed E-state index contributed by atoms with van der Waals surface area (Å²) in [5.41, 5.74) is 0. The maximum atomic E-state index is 11.9. The van der Waals surface area contributed by atoms with Crippen LogP contribution in [-0.2, 0) is 4.79 Å². The number of amides is 1. The van der Waals surface area contributed by atoms with Crippen LogP contribution < -0.4 is 10.6 Å². The summed E-state index contributed by atoms with van der Waals surface area (Å²) in [6.45, 7) is 6.46. The normalized spacial score (nSPS) is 12.2. The van der Waals surface area contributed by atoms with E-state index < -0.39 is 0 Å². The van der Waals surface area contributed by atoms with Gasteiger partial charge in [-0.2, -0.15) is 0 Å². The summed E-state index contributed by atoms with van der Waals surface area (Å²) in [7, 11) is 0. The smallest absolute Gasteiger partial charge is 0.233 e. The van der Waals surface area contributed by atoms with Crippen LogP contribution in [0.1, 0.15) is 20.3 Å². The molecular weight excluding hydrogens is 280 g/mol. The summed E-state index contributed by atoms with van der Waals surface area (Å²) in [4.78, 5) is 12.8. The van der Waals surface area contributed by atoms with Gasteiger partial charge in [-0.15, -0.1) is 11.8 Å². The minimum Gasteiger partial charge on any atom is -0.354 e. The fraction of sp³-hybridized carbons (Fsp3) is 0.500. The highest BCUT2D eigenvalue weighted by atomic mass is 35.5. The van der Waals surface area contributed by atoms with Gasteiger partial charge in [-0.05, 0) is 32.0 Å². The van der Waals surface area contributed by atoms with Crippen LogP contribution in [0.2, 0.25) is 5.02 Å². The van der Waals surface area contributed by atoms with E-state index in [4.69, 9.17) is 11.6 Å². The molecule has 0 bridgehead atoms. The van der Waals surface area contributed by atoms with Crippen molar-refractivity contribution in [1.82, 2.24) is 10.6 Å². The van der Waals surface area contributed by atoms with Crippen molar-refractivity contribution in [3.63, 3.8) is 0 Å². The molecule has 0 spiro atoms. The van der Waals surface area contributed by atoms with Gasteiger partial charge in [0.05, 0.1) is 10.3 Å². The quantitative estimate of drug-likeness (QED) is 0.573. The fourth-order valence-electron chi connectivity index (χ4n) is 1.50. The lowest BCUT2D eigenvalue weighted by Crippen LogP contribution is -2.36. The molecule has 1 unspecified atom stereocenters. The van der Waals surface area contributed by atoms with Gasteiger partial charge in [0.25, 0.3) is 0 Å². The Hall–Kier alpha value is -0.710. The minimum atomic E-state index is -0.147. The second-order valence-electron chi connectivity index (χ2n) is 4.23. The van der Waals surface area contributed by atoms with Gasteiger partial charge in [0.1, 0.15) is 0 Å². The zero-order chi connectivity index (χ0) is 14.1.